The molecular formula is C16H24O2S. The quantitative estimate of drug-likeness (QED) is 0.889. The number of aliphatic hydroxyl groups excluding tert-OH is 1. The average molecular weight is 280 g/mol. The minimum Gasteiger partial charge on any atom is -0.393 e. The van der Waals surface area contributed by atoms with Crippen LogP contribution < -0.4 is 0 Å². The van der Waals surface area contributed by atoms with Crippen LogP contribution in [0.25, 0.3) is 0 Å². The minimum atomic E-state index is -0.124. The topological polar surface area (TPSA) is 29.5 Å². The van der Waals surface area contributed by atoms with Crippen molar-refractivity contribution in [2.24, 2.45) is 5.92 Å². The summed E-state index contributed by atoms with van der Waals surface area (Å²) < 4.78 is 5.94. The summed E-state index contributed by atoms with van der Waals surface area (Å²) in [6, 6.07) is 4.30. The average Bonchev–Trinajstić information content (AvgIpc) is 2.90. The third-order valence-electron chi connectivity index (χ3n) is 4.84. The fourth-order valence-corrected chi connectivity index (χ4v) is 4.24. The number of hydrogen-bond acceptors (Lipinski definition) is 3. The number of thiophene rings is 1. The van der Waals surface area contributed by atoms with Crippen molar-refractivity contribution < 1.29 is 9.84 Å². The van der Waals surface area contributed by atoms with E-state index in [1.165, 1.54) is 24.1 Å². The van der Waals surface area contributed by atoms with Crippen LogP contribution >= 0.6 is 11.3 Å². The first kappa shape index (κ1) is 13.6. The van der Waals surface area contributed by atoms with E-state index >= 15 is 0 Å². The Morgan fingerprint density at radius 3 is 3.05 bits per heavy atom. The lowest BCUT2D eigenvalue weighted by Crippen LogP contribution is -2.47. The SMILES string of the molecule is OC(CCCc1cccs1)C1CCOC2(CCC2)C1. The van der Waals surface area contributed by atoms with Crippen LogP contribution in [0.3, 0.4) is 0 Å². The van der Waals surface area contributed by atoms with Gasteiger partial charge in [0.05, 0.1) is 11.7 Å². The molecule has 0 amide bonds. The standard InChI is InChI=1S/C16H24O2S/c17-15(6-1-4-14-5-2-11-19-14)13-7-10-18-16(12-13)8-3-9-16/h2,5,11,13,15,17H,1,3-4,6-10,12H2. The number of aryl methyl sites for hydroxylation is 1. The van der Waals surface area contributed by atoms with Crippen molar-refractivity contribution in [2.45, 2.75) is 63.1 Å². The molecule has 2 fully saturated rings. The molecule has 1 aliphatic carbocycles. The van der Waals surface area contributed by atoms with Gasteiger partial charge in [-0.25, -0.2) is 0 Å². The lowest BCUT2D eigenvalue weighted by molar-refractivity contribution is -0.157. The molecule has 1 aromatic heterocycles. The Kier molecular flexibility index (Phi) is 4.25. The minimum absolute atomic E-state index is 0.124. The molecule has 1 aromatic rings. The Morgan fingerprint density at radius 1 is 1.47 bits per heavy atom. The molecule has 106 valence electrons. The summed E-state index contributed by atoms with van der Waals surface area (Å²) in [5, 5.41) is 12.5. The zero-order chi connectivity index (χ0) is 13.1. The zero-order valence-corrected chi connectivity index (χ0v) is 12.3. The Morgan fingerprint density at radius 2 is 2.37 bits per heavy atom. The molecule has 19 heavy (non-hydrogen) atoms. The Labute approximate surface area is 119 Å². The van der Waals surface area contributed by atoms with Gasteiger partial charge in [-0.1, -0.05) is 6.07 Å². The number of hydrogen-bond donors (Lipinski definition) is 1. The van der Waals surface area contributed by atoms with Crippen LogP contribution in [0.15, 0.2) is 17.5 Å². The molecule has 2 heterocycles. The van der Waals surface area contributed by atoms with Gasteiger partial charge in [0, 0.05) is 11.5 Å². The Balaban J connectivity index is 1.43. The smallest absolute Gasteiger partial charge is 0.0686 e. The second kappa shape index (κ2) is 5.94. The van der Waals surface area contributed by atoms with Crippen molar-refractivity contribution in [3.63, 3.8) is 0 Å². The normalized spacial score (nSPS) is 27.1. The predicted molar refractivity (Wildman–Crippen MR) is 78.5 cm³/mol. The van der Waals surface area contributed by atoms with Gasteiger partial charge in [0.25, 0.3) is 0 Å². The van der Waals surface area contributed by atoms with Crippen molar-refractivity contribution in [1.82, 2.24) is 0 Å². The fourth-order valence-electron chi connectivity index (χ4n) is 3.49. The lowest BCUT2D eigenvalue weighted by atomic mass is 9.70. The first-order valence-corrected chi connectivity index (χ1v) is 8.50. The molecule has 0 radical (unpaired) electrons. The molecule has 1 saturated heterocycles. The fraction of sp³-hybridized carbons (Fsp3) is 0.750. The summed E-state index contributed by atoms with van der Waals surface area (Å²) in [5.74, 6) is 0.470. The van der Waals surface area contributed by atoms with Crippen LogP contribution in [0.1, 0.15) is 49.8 Å². The van der Waals surface area contributed by atoms with E-state index in [1.807, 2.05) is 11.3 Å². The van der Waals surface area contributed by atoms with E-state index in [0.717, 1.165) is 38.7 Å². The van der Waals surface area contributed by atoms with E-state index in [-0.39, 0.29) is 11.7 Å². The highest BCUT2D eigenvalue weighted by Crippen LogP contribution is 2.45. The summed E-state index contributed by atoms with van der Waals surface area (Å²) >= 11 is 1.82. The summed E-state index contributed by atoms with van der Waals surface area (Å²) in [4.78, 5) is 1.44. The molecule has 0 bridgehead atoms. The van der Waals surface area contributed by atoms with Crippen LogP contribution in [-0.4, -0.2) is 23.4 Å². The predicted octanol–water partition coefficient (Wildman–Crippen LogP) is 3.78. The van der Waals surface area contributed by atoms with Gasteiger partial charge in [-0.3, -0.25) is 0 Å². The van der Waals surface area contributed by atoms with E-state index < -0.39 is 0 Å². The largest absolute Gasteiger partial charge is 0.393 e. The maximum atomic E-state index is 10.4. The van der Waals surface area contributed by atoms with Gasteiger partial charge in [-0.15, -0.1) is 11.3 Å². The molecule has 1 N–H and O–H groups in total. The number of ether oxygens (including phenoxy) is 1. The second-order valence-electron chi connectivity index (χ2n) is 6.18. The lowest BCUT2D eigenvalue weighted by Gasteiger charge is -2.48. The van der Waals surface area contributed by atoms with Gasteiger partial charge >= 0.3 is 0 Å². The van der Waals surface area contributed by atoms with Crippen LogP contribution in [0.4, 0.5) is 0 Å². The van der Waals surface area contributed by atoms with Crippen molar-refractivity contribution in [3.05, 3.63) is 22.4 Å². The summed E-state index contributed by atoms with van der Waals surface area (Å²) in [7, 11) is 0. The van der Waals surface area contributed by atoms with Crippen LogP contribution in [0.5, 0.6) is 0 Å². The molecule has 3 heteroatoms. The highest BCUT2D eigenvalue weighted by atomic mass is 32.1. The first-order valence-electron chi connectivity index (χ1n) is 7.62. The molecule has 2 unspecified atom stereocenters. The molecule has 2 nitrogen and oxygen atoms in total. The number of aliphatic hydroxyl groups is 1. The van der Waals surface area contributed by atoms with Crippen LogP contribution in [0, 0.1) is 5.92 Å². The Hall–Kier alpha value is -0.380. The van der Waals surface area contributed by atoms with E-state index in [9.17, 15) is 5.11 Å². The van der Waals surface area contributed by atoms with E-state index in [0.29, 0.717) is 5.92 Å². The summed E-state index contributed by atoms with van der Waals surface area (Å²) in [6.45, 7) is 0.854. The molecule has 2 atom stereocenters. The number of rotatable bonds is 5. The maximum Gasteiger partial charge on any atom is 0.0686 e. The zero-order valence-electron chi connectivity index (χ0n) is 11.5. The second-order valence-corrected chi connectivity index (χ2v) is 7.21. The Bertz CT molecular complexity index is 383. The first-order chi connectivity index (χ1) is 9.27. The van der Waals surface area contributed by atoms with Gasteiger partial charge in [0.15, 0.2) is 0 Å². The van der Waals surface area contributed by atoms with Crippen molar-refractivity contribution in [1.29, 1.82) is 0 Å². The molecule has 1 spiro atoms. The van der Waals surface area contributed by atoms with Crippen LogP contribution in [-0.2, 0) is 11.2 Å². The monoisotopic (exact) mass is 280 g/mol. The van der Waals surface area contributed by atoms with Gasteiger partial charge in [0.1, 0.15) is 0 Å². The van der Waals surface area contributed by atoms with E-state index in [4.69, 9.17) is 4.74 Å². The van der Waals surface area contributed by atoms with Gasteiger partial charge < -0.3 is 9.84 Å². The molecule has 1 saturated carbocycles. The molecule has 3 rings (SSSR count). The summed E-state index contributed by atoms with van der Waals surface area (Å²) in [5.41, 5.74) is 0.164. The van der Waals surface area contributed by atoms with Crippen molar-refractivity contribution in [2.75, 3.05) is 6.61 Å². The third-order valence-corrected chi connectivity index (χ3v) is 5.78. The van der Waals surface area contributed by atoms with Gasteiger partial charge in [-0.05, 0) is 68.7 Å². The van der Waals surface area contributed by atoms with E-state index in [1.54, 1.807) is 0 Å². The van der Waals surface area contributed by atoms with E-state index in [2.05, 4.69) is 17.5 Å². The molecule has 0 aromatic carbocycles. The molecule has 1 aliphatic heterocycles. The van der Waals surface area contributed by atoms with Crippen molar-refractivity contribution >= 4 is 11.3 Å². The van der Waals surface area contributed by atoms with Crippen LogP contribution in [0.2, 0.25) is 0 Å². The molecular weight excluding hydrogens is 256 g/mol. The van der Waals surface area contributed by atoms with Crippen molar-refractivity contribution in [3.8, 4) is 0 Å². The van der Waals surface area contributed by atoms with Gasteiger partial charge in [0.2, 0.25) is 0 Å². The summed E-state index contributed by atoms with van der Waals surface area (Å²) in [6.07, 6.45) is 8.90. The molecule has 2 aliphatic rings. The third kappa shape index (κ3) is 3.21. The highest BCUT2D eigenvalue weighted by molar-refractivity contribution is 7.09. The maximum absolute atomic E-state index is 10.4. The highest BCUT2D eigenvalue weighted by Gasteiger charge is 2.43. The van der Waals surface area contributed by atoms with Gasteiger partial charge in [-0.2, -0.15) is 0 Å².